The highest BCUT2D eigenvalue weighted by Gasteiger charge is 2.15. The van der Waals surface area contributed by atoms with E-state index in [4.69, 9.17) is 4.42 Å². The maximum absolute atomic E-state index is 5.65. The van der Waals surface area contributed by atoms with Gasteiger partial charge in [0, 0.05) is 18.2 Å². The predicted octanol–water partition coefficient (Wildman–Crippen LogP) is 3.07. The highest BCUT2D eigenvalue weighted by atomic mass is 16.3. The molecule has 0 amide bonds. The summed E-state index contributed by atoms with van der Waals surface area (Å²) >= 11 is 0. The summed E-state index contributed by atoms with van der Waals surface area (Å²) in [5.41, 5.74) is 1.84. The fourth-order valence-corrected chi connectivity index (χ4v) is 2.14. The Hall–Kier alpha value is -1.68. The number of hydrogen-bond donors (Lipinski definition) is 1. The Balaban J connectivity index is 2.39. The van der Waals surface area contributed by atoms with E-state index in [1.807, 2.05) is 39.1 Å². The van der Waals surface area contributed by atoms with Crippen LogP contribution in [0.2, 0.25) is 0 Å². The number of furan rings is 1. The first kappa shape index (κ1) is 13.7. The zero-order valence-electron chi connectivity index (χ0n) is 12.0. The SMILES string of the molecule is CCC(CNC)c1nc(C)cc(-c2ccc(C)o2)n1. The van der Waals surface area contributed by atoms with Gasteiger partial charge in [-0.3, -0.25) is 0 Å². The van der Waals surface area contributed by atoms with E-state index in [0.717, 1.165) is 41.7 Å². The van der Waals surface area contributed by atoms with Crippen LogP contribution < -0.4 is 5.32 Å². The number of nitrogens with zero attached hydrogens (tertiary/aromatic N) is 2. The first-order valence-corrected chi connectivity index (χ1v) is 6.71. The van der Waals surface area contributed by atoms with Crippen LogP contribution in [0.5, 0.6) is 0 Å². The van der Waals surface area contributed by atoms with E-state index in [2.05, 4.69) is 22.2 Å². The molecule has 0 bridgehead atoms. The summed E-state index contributed by atoms with van der Waals surface area (Å²) in [6.07, 6.45) is 1.01. The van der Waals surface area contributed by atoms with E-state index in [-0.39, 0.29) is 0 Å². The average Bonchev–Trinajstić information content (AvgIpc) is 2.82. The molecule has 0 aliphatic rings. The Labute approximate surface area is 114 Å². The summed E-state index contributed by atoms with van der Waals surface area (Å²) in [4.78, 5) is 9.23. The first-order valence-electron chi connectivity index (χ1n) is 6.71. The van der Waals surface area contributed by atoms with Crippen molar-refractivity contribution in [2.75, 3.05) is 13.6 Å². The third-order valence-electron chi connectivity index (χ3n) is 3.17. The van der Waals surface area contributed by atoms with Crippen molar-refractivity contribution in [2.45, 2.75) is 33.1 Å². The molecule has 0 saturated carbocycles. The fraction of sp³-hybridized carbons (Fsp3) is 0.467. The molecular formula is C15H21N3O. The van der Waals surface area contributed by atoms with E-state index in [1.165, 1.54) is 0 Å². The second-order valence-electron chi connectivity index (χ2n) is 4.83. The largest absolute Gasteiger partial charge is 0.460 e. The van der Waals surface area contributed by atoms with E-state index >= 15 is 0 Å². The fourth-order valence-electron chi connectivity index (χ4n) is 2.14. The number of likely N-dealkylation sites (N-methyl/N-ethyl adjacent to an activating group) is 1. The zero-order valence-corrected chi connectivity index (χ0v) is 12.0. The van der Waals surface area contributed by atoms with Crippen molar-refractivity contribution in [3.05, 3.63) is 35.5 Å². The molecule has 0 spiro atoms. The molecule has 0 aromatic carbocycles. The maximum Gasteiger partial charge on any atom is 0.152 e. The van der Waals surface area contributed by atoms with Gasteiger partial charge in [-0.05, 0) is 45.5 Å². The van der Waals surface area contributed by atoms with Crippen LogP contribution in [0, 0.1) is 13.8 Å². The summed E-state index contributed by atoms with van der Waals surface area (Å²) in [5.74, 6) is 2.93. The molecule has 1 N–H and O–H groups in total. The lowest BCUT2D eigenvalue weighted by Crippen LogP contribution is -2.19. The van der Waals surface area contributed by atoms with Gasteiger partial charge in [0.25, 0.3) is 0 Å². The minimum atomic E-state index is 0.333. The number of hydrogen-bond acceptors (Lipinski definition) is 4. The molecule has 2 aromatic rings. The van der Waals surface area contributed by atoms with Gasteiger partial charge in [0.05, 0.1) is 0 Å². The van der Waals surface area contributed by atoms with Gasteiger partial charge in [-0.25, -0.2) is 9.97 Å². The quantitative estimate of drug-likeness (QED) is 0.896. The molecule has 4 heteroatoms. The summed E-state index contributed by atoms with van der Waals surface area (Å²) in [5, 5.41) is 3.20. The zero-order chi connectivity index (χ0) is 13.8. The van der Waals surface area contributed by atoms with Crippen molar-refractivity contribution < 1.29 is 4.42 Å². The molecule has 2 rings (SSSR count). The molecule has 19 heavy (non-hydrogen) atoms. The van der Waals surface area contributed by atoms with Crippen LogP contribution in [0.4, 0.5) is 0 Å². The Kier molecular flexibility index (Phi) is 4.32. The highest BCUT2D eigenvalue weighted by Crippen LogP contribution is 2.23. The Bertz CT molecular complexity index is 548. The summed E-state index contributed by atoms with van der Waals surface area (Å²) < 4.78 is 5.65. The molecule has 0 radical (unpaired) electrons. The molecule has 4 nitrogen and oxygen atoms in total. The number of aromatic nitrogens is 2. The second-order valence-corrected chi connectivity index (χ2v) is 4.83. The van der Waals surface area contributed by atoms with E-state index in [0.29, 0.717) is 5.92 Å². The van der Waals surface area contributed by atoms with Gasteiger partial charge in [0.15, 0.2) is 5.76 Å². The van der Waals surface area contributed by atoms with Crippen molar-refractivity contribution in [1.82, 2.24) is 15.3 Å². The summed E-state index contributed by atoms with van der Waals surface area (Å²) in [6, 6.07) is 5.88. The Morgan fingerprint density at radius 3 is 2.63 bits per heavy atom. The van der Waals surface area contributed by atoms with Crippen LogP contribution >= 0.6 is 0 Å². The minimum Gasteiger partial charge on any atom is -0.460 e. The van der Waals surface area contributed by atoms with Crippen molar-refractivity contribution in [2.24, 2.45) is 0 Å². The Morgan fingerprint density at radius 1 is 1.26 bits per heavy atom. The van der Waals surface area contributed by atoms with E-state index in [9.17, 15) is 0 Å². The monoisotopic (exact) mass is 259 g/mol. The van der Waals surface area contributed by atoms with Crippen LogP contribution in [0.25, 0.3) is 11.5 Å². The molecule has 0 aliphatic carbocycles. The van der Waals surface area contributed by atoms with Gasteiger partial charge in [0.1, 0.15) is 17.3 Å². The molecule has 1 atom stereocenters. The van der Waals surface area contributed by atoms with Gasteiger partial charge in [-0.15, -0.1) is 0 Å². The number of rotatable bonds is 5. The van der Waals surface area contributed by atoms with Crippen molar-refractivity contribution >= 4 is 0 Å². The normalized spacial score (nSPS) is 12.6. The van der Waals surface area contributed by atoms with E-state index < -0.39 is 0 Å². The molecule has 2 aromatic heterocycles. The number of aryl methyl sites for hydroxylation is 2. The van der Waals surface area contributed by atoms with Crippen LogP contribution in [-0.4, -0.2) is 23.6 Å². The van der Waals surface area contributed by atoms with Gasteiger partial charge >= 0.3 is 0 Å². The third-order valence-corrected chi connectivity index (χ3v) is 3.17. The van der Waals surface area contributed by atoms with Crippen LogP contribution in [0.1, 0.15) is 36.5 Å². The van der Waals surface area contributed by atoms with Gasteiger partial charge in [0.2, 0.25) is 0 Å². The summed E-state index contributed by atoms with van der Waals surface area (Å²) in [7, 11) is 1.95. The molecular weight excluding hydrogens is 238 g/mol. The standard InChI is InChI=1S/C15H21N3O/c1-5-12(9-16-4)15-17-10(2)8-13(18-15)14-7-6-11(3)19-14/h6-8,12,16H,5,9H2,1-4H3. The van der Waals surface area contributed by atoms with Gasteiger partial charge in [-0.1, -0.05) is 6.92 Å². The first-order chi connectivity index (χ1) is 9.13. The van der Waals surface area contributed by atoms with Crippen molar-refractivity contribution in [1.29, 1.82) is 0 Å². The summed E-state index contributed by atoms with van der Waals surface area (Å²) in [6.45, 7) is 6.98. The second kappa shape index (κ2) is 5.97. The predicted molar refractivity (Wildman–Crippen MR) is 76.2 cm³/mol. The van der Waals surface area contributed by atoms with Crippen molar-refractivity contribution in [3.63, 3.8) is 0 Å². The van der Waals surface area contributed by atoms with Gasteiger partial charge < -0.3 is 9.73 Å². The lowest BCUT2D eigenvalue weighted by molar-refractivity contribution is 0.542. The third kappa shape index (κ3) is 3.20. The smallest absolute Gasteiger partial charge is 0.152 e. The van der Waals surface area contributed by atoms with Crippen LogP contribution in [0.3, 0.4) is 0 Å². The Morgan fingerprint density at radius 2 is 2.05 bits per heavy atom. The lowest BCUT2D eigenvalue weighted by atomic mass is 10.1. The molecule has 102 valence electrons. The van der Waals surface area contributed by atoms with Crippen LogP contribution in [0.15, 0.2) is 22.6 Å². The van der Waals surface area contributed by atoms with Crippen LogP contribution in [-0.2, 0) is 0 Å². The molecule has 0 fully saturated rings. The van der Waals surface area contributed by atoms with Gasteiger partial charge in [-0.2, -0.15) is 0 Å². The lowest BCUT2D eigenvalue weighted by Gasteiger charge is -2.14. The average molecular weight is 259 g/mol. The number of nitrogens with one attached hydrogen (secondary N) is 1. The minimum absolute atomic E-state index is 0.333. The van der Waals surface area contributed by atoms with Crippen molar-refractivity contribution in [3.8, 4) is 11.5 Å². The maximum atomic E-state index is 5.65. The molecule has 2 heterocycles. The highest BCUT2D eigenvalue weighted by molar-refractivity contribution is 5.52. The molecule has 0 saturated heterocycles. The molecule has 0 aliphatic heterocycles. The van der Waals surface area contributed by atoms with E-state index in [1.54, 1.807) is 0 Å². The topological polar surface area (TPSA) is 51.0 Å². The molecule has 1 unspecified atom stereocenters.